The molecule has 1 amide bonds. The Balaban J connectivity index is 1.44. The number of fused-ring (bicyclic) bond motifs is 5. The van der Waals surface area contributed by atoms with Crippen LogP contribution in [-0.4, -0.2) is 59.5 Å². The Kier molecular flexibility index (Phi) is 7.33. The number of aliphatic hydroxyl groups excluding tert-OH is 1. The van der Waals surface area contributed by atoms with Gasteiger partial charge >= 0.3 is 0 Å². The maximum atomic E-state index is 12.9. The molecule has 0 radical (unpaired) electrons. The Labute approximate surface area is 198 Å². The Morgan fingerprint density at radius 3 is 2.58 bits per heavy atom. The minimum absolute atomic E-state index is 0.114. The third kappa shape index (κ3) is 4.44. The summed E-state index contributed by atoms with van der Waals surface area (Å²) < 4.78 is 0. The average molecular weight is 472 g/mol. The summed E-state index contributed by atoms with van der Waals surface area (Å²) in [5, 5.41) is 13.6. The largest absolute Gasteiger partial charge is 0.393 e. The fourth-order valence-electron chi connectivity index (χ4n) is 7.83. The van der Waals surface area contributed by atoms with Crippen molar-refractivity contribution in [3.63, 3.8) is 0 Å². The molecule has 3 saturated carbocycles. The van der Waals surface area contributed by atoms with Gasteiger partial charge in [-0.2, -0.15) is 0 Å². The Morgan fingerprint density at radius 1 is 1.13 bits per heavy atom. The first-order valence-electron chi connectivity index (χ1n) is 12.3. The first-order valence-corrected chi connectivity index (χ1v) is 13.4. The topological polar surface area (TPSA) is 52.6 Å². The van der Waals surface area contributed by atoms with Gasteiger partial charge in [-0.25, -0.2) is 0 Å². The molecule has 0 bridgehead atoms. The highest BCUT2D eigenvalue weighted by Crippen LogP contribution is 2.64. The molecule has 3 fully saturated rings. The number of carbonyl (C=O) groups is 1. The summed E-state index contributed by atoms with van der Waals surface area (Å²) in [5.74, 6) is 3.27. The molecule has 0 aromatic rings. The summed E-state index contributed by atoms with van der Waals surface area (Å²) in [6.07, 6.45) is 11.2. The summed E-state index contributed by atoms with van der Waals surface area (Å²) in [5.41, 5.74) is 1.99. The smallest absolute Gasteiger partial charge is 0.234 e. The van der Waals surface area contributed by atoms with Gasteiger partial charge in [0.05, 0.1) is 12.6 Å². The van der Waals surface area contributed by atoms with E-state index >= 15 is 0 Å². The maximum Gasteiger partial charge on any atom is 0.234 e. The van der Waals surface area contributed by atoms with Crippen LogP contribution in [0.1, 0.15) is 65.2 Å². The molecular weight excluding hydrogens is 431 g/mol. The van der Waals surface area contributed by atoms with Crippen molar-refractivity contribution in [3.05, 3.63) is 11.6 Å². The van der Waals surface area contributed by atoms with Gasteiger partial charge in [-0.05, 0) is 80.0 Å². The molecule has 0 unspecified atom stereocenters. The van der Waals surface area contributed by atoms with E-state index in [1.807, 2.05) is 4.90 Å². The molecular formula is C25H40Cl2N2O2. The summed E-state index contributed by atoms with van der Waals surface area (Å²) >= 11 is 11.8. The van der Waals surface area contributed by atoms with Crippen molar-refractivity contribution in [2.24, 2.45) is 28.6 Å². The van der Waals surface area contributed by atoms with Crippen LogP contribution >= 0.6 is 23.2 Å². The van der Waals surface area contributed by atoms with Gasteiger partial charge in [-0.3, -0.25) is 9.69 Å². The van der Waals surface area contributed by atoms with E-state index in [1.54, 1.807) is 0 Å². The molecule has 0 aromatic heterocycles. The molecule has 0 heterocycles. The highest BCUT2D eigenvalue weighted by molar-refractivity contribution is 6.18. The fourth-order valence-corrected chi connectivity index (χ4v) is 8.31. The zero-order valence-electron chi connectivity index (χ0n) is 19.2. The number of aliphatic hydroxyl groups is 1. The summed E-state index contributed by atoms with van der Waals surface area (Å²) in [7, 11) is 0. The minimum Gasteiger partial charge on any atom is -0.393 e. The summed E-state index contributed by atoms with van der Waals surface area (Å²) in [6.45, 7) is 6.68. The maximum absolute atomic E-state index is 12.9. The third-order valence-corrected chi connectivity index (χ3v) is 9.92. The Morgan fingerprint density at radius 2 is 1.87 bits per heavy atom. The number of nitrogens with zero attached hydrogens (tertiary/aromatic N) is 1. The van der Waals surface area contributed by atoms with E-state index < -0.39 is 0 Å². The zero-order valence-corrected chi connectivity index (χ0v) is 20.7. The van der Waals surface area contributed by atoms with E-state index in [2.05, 4.69) is 25.2 Å². The lowest BCUT2D eigenvalue weighted by molar-refractivity contribution is -0.124. The number of rotatable bonds is 7. The van der Waals surface area contributed by atoms with Crippen LogP contribution in [0.2, 0.25) is 0 Å². The van der Waals surface area contributed by atoms with Gasteiger partial charge in [0.1, 0.15) is 0 Å². The van der Waals surface area contributed by atoms with Crippen molar-refractivity contribution in [2.45, 2.75) is 77.4 Å². The number of nitrogens with one attached hydrogen (secondary N) is 1. The van der Waals surface area contributed by atoms with E-state index in [4.69, 9.17) is 23.2 Å². The van der Waals surface area contributed by atoms with Gasteiger partial charge < -0.3 is 10.4 Å². The number of carbonyl (C=O) groups excluding carboxylic acids is 1. The Hall–Kier alpha value is -0.290. The van der Waals surface area contributed by atoms with Crippen LogP contribution in [0, 0.1) is 28.6 Å². The Bertz CT molecular complexity index is 695. The molecule has 0 aromatic carbocycles. The van der Waals surface area contributed by atoms with E-state index in [-0.39, 0.29) is 28.9 Å². The number of hydrogen-bond donors (Lipinski definition) is 2. The molecule has 2 N–H and O–H groups in total. The predicted molar refractivity (Wildman–Crippen MR) is 128 cm³/mol. The standard InChI is InChI=1S/C25H40Cl2N2O2/c1-24-9-7-18(30)15-17(24)3-4-19-20-5-6-22(25(20,2)10-8-21(19)24)28-23(31)16-29(13-11-26)14-12-27/h3,18-22,30H,4-16H2,1-2H3,(H,28,31)/t18-,19-,20-,21-,22-,24-,25-/m0/s1. The van der Waals surface area contributed by atoms with Gasteiger partial charge in [0.25, 0.3) is 0 Å². The number of halogens is 2. The monoisotopic (exact) mass is 470 g/mol. The minimum atomic E-state index is -0.145. The second-order valence-electron chi connectivity index (χ2n) is 11.1. The molecule has 6 heteroatoms. The normalized spacial score (nSPS) is 41.9. The van der Waals surface area contributed by atoms with Crippen LogP contribution in [-0.2, 0) is 4.79 Å². The second kappa shape index (κ2) is 9.52. The third-order valence-electron chi connectivity index (χ3n) is 9.58. The second-order valence-corrected chi connectivity index (χ2v) is 11.8. The van der Waals surface area contributed by atoms with E-state index in [9.17, 15) is 9.90 Å². The predicted octanol–water partition coefficient (Wildman–Crippen LogP) is 4.57. The summed E-state index contributed by atoms with van der Waals surface area (Å²) in [6, 6.07) is 0.270. The molecule has 4 aliphatic rings. The fraction of sp³-hybridized carbons (Fsp3) is 0.880. The molecule has 0 saturated heterocycles. The van der Waals surface area contributed by atoms with Crippen LogP contribution in [0.5, 0.6) is 0 Å². The molecule has 31 heavy (non-hydrogen) atoms. The van der Waals surface area contributed by atoms with Gasteiger partial charge in [0, 0.05) is 30.9 Å². The van der Waals surface area contributed by atoms with E-state index in [0.29, 0.717) is 43.2 Å². The van der Waals surface area contributed by atoms with E-state index in [0.717, 1.165) is 38.0 Å². The van der Waals surface area contributed by atoms with Crippen LogP contribution in [0.3, 0.4) is 0 Å². The van der Waals surface area contributed by atoms with Crippen molar-refractivity contribution in [3.8, 4) is 0 Å². The van der Waals surface area contributed by atoms with Crippen molar-refractivity contribution in [2.75, 3.05) is 31.4 Å². The average Bonchev–Trinajstić information content (AvgIpc) is 3.05. The van der Waals surface area contributed by atoms with Crippen LogP contribution < -0.4 is 5.32 Å². The number of hydrogen-bond acceptors (Lipinski definition) is 3. The molecule has 4 aliphatic carbocycles. The lowest BCUT2D eigenvalue weighted by Gasteiger charge is -2.58. The van der Waals surface area contributed by atoms with Crippen molar-refractivity contribution < 1.29 is 9.90 Å². The molecule has 0 aliphatic heterocycles. The zero-order chi connectivity index (χ0) is 22.2. The quantitative estimate of drug-likeness (QED) is 0.422. The van der Waals surface area contributed by atoms with Gasteiger partial charge in [0.2, 0.25) is 5.91 Å². The molecule has 176 valence electrons. The summed E-state index contributed by atoms with van der Waals surface area (Å²) in [4.78, 5) is 14.9. The highest BCUT2D eigenvalue weighted by atomic mass is 35.5. The molecule has 0 spiro atoms. The van der Waals surface area contributed by atoms with Crippen LogP contribution in [0.25, 0.3) is 0 Å². The SMILES string of the molecule is C[C@]12CC[C@H]3[C@@H](CC=C4C[C@@H](O)CC[C@@]43C)[C@@H]1CC[C@@H]2NC(=O)CN(CCCl)CCCl. The van der Waals surface area contributed by atoms with Crippen molar-refractivity contribution >= 4 is 29.1 Å². The van der Waals surface area contributed by atoms with Crippen molar-refractivity contribution in [1.82, 2.24) is 10.2 Å². The van der Waals surface area contributed by atoms with Crippen LogP contribution in [0.4, 0.5) is 0 Å². The van der Waals surface area contributed by atoms with E-state index in [1.165, 1.54) is 24.8 Å². The lowest BCUT2D eigenvalue weighted by Crippen LogP contribution is -2.54. The number of alkyl halides is 2. The first kappa shape index (κ1) is 23.9. The van der Waals surface area contributed by atoms with Gasteiger partial charge in [-0.1, -0.05) is 25.5 Å². The van der Waals surface area contributed by atoms with Gasteiger partial charge in [-0.15, -0.1) is 23.2 Å². The van der Waals surface area contributed by atoms with Crippen LogP contribution in [0.15, 0.2) is 11.6 Å². The molecule has 4 rings (SSSR count). The highest BCUT2D eigenvalue weighted by Gasteiger charge is 2.58. The molecule has 4 nitrogen and oxygen atoms in total. The number of amides is 1. The van der Waals surface area contributed by atoms with Gasteiger partial charge in [0.15, 0.2) is 0 Å². The lowest BCUT2D eigenvalue weighted by atomic mass is 9.48. The number of allylic oxidation sites excluding steroid dienone is 1. The van der Waals surface area contributed by atoms with Crippen molar-refractivity contribution in [1.29, 1.82) is 0 Å². The molecule has 7 atom stereocenters. The first-order chi connectivity index (χ1) is 14.8.